The molecule has 0 radical (unpaired) electrons. The molecule has 4 aromatic rings. The van der Waals surface area contributed by atoms with Gasteiger partial charge in [-0.1, -0.05) is 12.1 Å². The number of halogens is 1. The van der Waals surface area contributed by atoms with E-state index in [0.29, 0.717) is 41.3 Å². The van der Waals surface area contributed by atoms with E-state index in [1.807, 2.05) is 37.3 Å². The molecule has 0 saturated carbocycles. The molecule has 0 amide bonds. The molecule has 1 saturated heterocycles. The summed E-state index contributed by atoms with van der Waals surface area (Å²) in [6.45, 7) is 6.20. The lowest BCUT2D eigenvalue weighted by Crippen LogP contribution is -2.40. The van der Waals surface area contributed by atoms with Crippen LogP contribution in [-0.2, 0) is 0 Å². The van der Waals surface area contributed by atoms with Crippen LogP contribution in [-0.4, -0.2) is 52.5 Å². The van der Waals surface area contributed by atoms with E-state index in [9.17, 15) is 9.50 Å². The van der Waals surface area contributed by atoms with Gasteiger partial charge in [-0.15, -0.1) is 10.2 Å². The van der Waals surface area contributed by atoms with Crippen molar-refractivity contribution in [3.8, 4) is 17.4 Å². The van der Waals surface area contributed by atoms with Crippen LogP contribution in [0.4, 0.5) is 4.39 Å². The number of fused-ring (bicyclic) bond motifs is 1. The summed E-state index contributed by atoms with van der Waals surface area (Å²) in [5, 5.41) is 19.2. The average molecular weight is 466 g/mol. The van der Waals surface area contributed by atoms with Gasteiger partial charge < -0.3 is 23.6 Å². The molecule has 1 aliphatic heterocycles. The zero-order valence-electron chi connectivity index (χ0n) is 19.3. The van der Waals surface area contributed by atoms with Gasteiger partial charge >= 0.3 is 0 Å². The number of hydrogen-bond acceptors (Lipinski definition) is 7. The molecule has 7 nitrogen and oxygen atoms in total. The number of aromatic nitrogens is 2. The average Bonchev–Trinajstić information content (AvgIpc) is 3.45. The second kappa shape index (κ2) is 9.56. The van der Waals surface area contributed by atoms with Gasteiger partial charge in [0.15, 0.2) is 5.76 Å². The minimum atomic E-state index is -0.621. The van der Waals surface area contributed by atoms with Crippen molar-refractivity contribution in [2.75, 3.05) is 26.2 Å². The highest BCUT2D eigenvalue weighted by Crippen LogP contribution is 2.33. The van der Waals surface area contributed by atoms with Crippen LogP contribution < -0.4 is 4.74 Å². The van der Waals surface area contributed by atoms with E-state index in [1.165, 1.54) is 5.56 Å². The first kappa shape index (κ1) is 22.6. The molecule has 178 valence electrons. The molecule has 2 aromatic carbocycles. The van der Waals surface area contributed by atoms with Crippen molar-refractivity contribution in [1.82, 2.24) is 15.1 Å². The van der Waals surface area contributed by atoms with Crippen LogP contribution in [0.15, 0.2) is 51.3 Å². The number of rotatable bonds is 7. The lowest BCUT2D eigenvalue weighted by atomic mass is 9.87. The first-order valence-electron chi connectivity index (χ1n) is 11.6. The van der Waals surface area contributed by atoms with E-state index in [0.717, 1.165) is 36.9 Å². The van der Waals surface area contributed by atoms with Gasteiger partial charge in [0.1, 0.15) is 29.9 Å². The molecule has 1 N–H and O–H groups in total. The molecule has 1 fully saturated rings. The van der Waals surface area contributed by atoms with Crippen molar-refractivity contribution in [3.63, 3.8) is 0 Å². The smallest absolute Gasteiger partial charge is 0.283 e. The van der Waals surface area contributed by atoms with Crippen molar-refractivity contribution < 1.29 is 23.1 Å². The van der Waals surface area contributed by atoms with E-state index in [4.69, 9.17) is 13.6 Å². The number of aryl methyl sites for hydroxylation is 2. The van der Waals surface area contributed by atoms with Crippen LogP contribution in [0.25, 0.3) is 22.6 Å². The van der Waals surface area contributed by atoms with Gasteiger partial charge in [0.05, 0.1) is 5.39 Å². The Morgan fingerprint density at radius 2 is 1.94 bits per heavy atom. The number of ether oxygens (including phenoxy) is 1. The molecule has 8 heteroatoms. The van der Waals surface area contributed by atoms with Crippen LogP contribution in [0.3, 0.4) is 0 Å². The molecule has 0 bridgehead atoms. The highest BCUT2D eigenvalue weighted by molar-refractivity contribution is 5.87. The summed E-state index contributed by atoms with van der Waals surface area (Å²) in [4.78, 5) is 2.26. The Bertz CT molecular complexity index is 1280. The fraction of sp³-hybridized carbons (Fsp3) is 0.385. The van der Waals surface area contributed by atoms with Crippen LogP contribution >= 0.6 is 0 Å². The summed E-state index contributed by atoms with van der Waals surface area (Å²) < 4.78 is 30.7. The van der Waals surface area contributed by atoms with Crippen LogP contribution in [0.5, 0.6) is 5.75 Å². The van der Waals surface area contributed by atoms with Crippen molar-refractivity contribution in [3.05, 3.63) is 65.3 Å². The monoisotopic (exact) mass is 465 g/mol. The zero-order valence-corrected chi connectivity index (χ0v) is 19.3. The Balaban J connectivity index is 1.16. The maximum absolute atomic E-state index is 13.4. The van der Waals surface area contributed by atoms with Gasteiger partial charge in [-0.05, 0) is 74.2 Å². The first-order chi connectivity index (χ1) is 16.5. The van der Waals surface area contributed by atoms with Crippen LogP contribution in [0.1, 0.15) is 35.8 Å². The van der Waals surface area contributed by atoms with Crippen LogP contribution in [0, 0.1) is 19.7 Å². The zero-order chi connectivity index (χ0) is 23.7. The van der Waals surface area contributed by atoms with Crippen molar-refractivity contribution in [1.29, 1.82) is 0 Å². The number of furan rings is 1. The molecule has 34 heavy (non-hydrogen) atoms. The van der Waals surface area contributed by atoms with E-state index in [1.54, 1.807) is 19.1 Å². The molecule has 2 aromatic heterocycles. The summed E-state index contributed by atoms with van der Waals surface area (Å²) in [5.41, 5.74) is 2.89. The molecular weight excluding hydrogens is 437 g/mol. The number of aliphatic hydroxyl groups is 1. The van der Waals surface area contributed by atoms with E-state index >= 15 is 0 Å². The van der Waals surface area contributed by atoms with Crippen LogP contribution in [0.2, 0.25) is 0 Å². The summed E-state index contributed by atoms with van der Waals surface area (Å²) in [5.74, 6) is 2.14. The molecule has 0 spiro atoms. The number of likely N-dealkylation sites (tertiary alicyclic amines) is 1. The maximum atomic E-state index is 13.4. The molecule has 1 aliphatic rings. The van der Waals surface area contributed by atoms with Gasteiger partial charge in [0.2, 0.25) is 5.89 Å². The molecular formula is C26H28FN3O4. The highest BCUT2D eigenvalue weighted by Gasteiger charge is 2.24. The number of piperidine rings is 1. The van der Waals surface area contributed by atoms with Crippen molar-refractivity contribution in [2.45, 2.75) is 38.7 Å². The van der Waals surface area contributed by atoms with Crippen molar-refractivity contribution >= 4 is 11.0 Å². The molecule has 0 unspecified atom stereocenters. The van der Waals surface area contributed by atoms with Gasteiger partial charge in [-0.2, -0.15) is 0 Å². The van der Waals surface area contributed by atoms with Gasteiger partial charge in [-0.3, -0.25) is 0 Å². The van der Waals surface area contributed by atoms with E-state index < -0.39 is 6.10 Å². The van der Waals surface area contributed by atoms with Gasteiger partial charge in [0.25, 0.3) is 5.89 Å². The summed E-state index contributed by atoms with van der Waals surface area (Å²) >= 11 is 0. The van der Waals surface area contributed by atoms with Gasteiger partial charge in [-0.25, -0.2) is 4.39 Å². The standard InChI is InChI=1S/C26H28FN3O4/c1-16-12-19(27)6-7-21(16)18-8-10-30(11-9-18)14-20(31)15-32-23-4-3-5-24-22(23)13-25(34-24)26-29-28-17(2)33-26/h3-7,12-13,18,20,31H,8-11,14-15H2,1-2H3/t20-/m0/s1. The second-order valence-electron chi connectivity index (χ2n) is 8.95. The minimum Gasteiger partial charge on any atom is -0.490 e. The second-order valence-corrected chi connectivity index (χ2v) is 8.95. The number of nitrogens with zero attached hydrogens (tertiary/aromatic N) is 3. The van der Waals surface area contributed by atoms with Gasteiger partial charge in [0, 0.05) is 19.5 Å². The van der Waals surface area contributed by atoms with E-state index in [-0.39, 0.29) is 12.4 Å². The third kappa shape index (κ3) is 4.83. The lowest BCUT2D eigenvalue weighted by Gasteiger charge is -2.33. The first-order valence-corrected chi connectivity index (χ1v) is 11.6. The summed E-state index contributed by atoms with van der Waals surface area (Å²) in [6.07, 6.45) is 1.36. The third-order valence-corrected chi connectivity index (χ3v) is 6.42. The summed E-state index contributed by atoms with van der Waals surface area (Å²) in [7, 11) is 0. The topological polar surface area (TPSA) is 84.8 Å². The number of hydrogen-bond donors (Lipinski definition) is 1. The largest absolute Gasteiger partial charge is 0.490 e. The Morgan fingerprint density at radius 3 is 2.68 bits per heavy atom. The quantitative estimate of drug-likeness (QED) is 0.417. The number of benzene rings is 2. The fourth-order valence-corrected chi connectivity index (χ4v) is 4.72. The third-order valence-electron chi connectivity index (χ3n) is 6.42. The molecule has 5 rings (SSSR count). The SMILES string of the molecule is Cc1nnc(-c2cc3c(OC[C@@H](O)CN4CCC(c5ccc(F)cc5C)CC4)cccc3o2)o1. The van der Waals surface area contributed by atoms with Crippen molar-refractivity contribution in [2.24, 2.45) is 0 Å². The summed E-state index contributed by atoms with van der Waals surface area (Å²) in [6, 6.07) is 12.4. The minimum absolute atomic E-state index is 0.177. The predicted molar refractivity (Wildman–Crippen MR) is 125 cm³/mol. The van der Waals surface area contributed by atoms with E-state index in [2.05, 4.69) is 15.1 Å². The Labute approximate surface area is 197 Å². The Hall–Kier alpha value is -3.23. The highest BCUT2D eigenvalue weighted by atomic mass is 19.1. The Kier molecular flexibility index (Phi) is 6.34. The predicted octanol–water partition coefficient (Wildman–Crippen LogP) is 4.86. The maximum Gasteiger partial charge on any atom is 0.283 e. The molecule has 1 atom stereocenters. The fourth-order valence-electron chi connectivity index (χ4n) is 4.72. The normalized spacial score (nSPS) is 16.2. The molecule has 3 heterocycles. The lowest BCUT2D eigenvalue weighted by molar-refractivity contribution is 0.0599. The number of aliphatic hydroxyl groups excluding tert-OH is 1. The molecule has 0 aliphatic carbocycles. The number of β-amino-alcohol motifs (C(OH)–C–C–N with tert-alkyl or cyclic N) is 1. The Morgan fingerprint density at radius 1 is 1.12 bits per heavy atom.